The first-order chi connectivity index (χ1) is 10.3. The molecule has 3 fully saturated rings. The minimum Gasteiger partial charge on any atom is -0.376 e. The van der Waals surface area contributed by atoms with Crippen LogP contribution in [0.3, 0.4) is 0 Å². The lowest BCUT2D eigenvalue weighted by atomic mass is 10.2. The second-order valence-corrected chi connectivity index (χ2v) is 6.22. The summed E-state index contributed by atoms with van der Waals surface area (Å²) in [6.07, 6.45) is 5.53. The van der Waals surface area contributed by atoms with Crippen LogP contribution in [-0.2, 0) is 9.47 Å². The number of hydrogen-bond donors (Lipinski definition) is 2. The fourth-order valence-electron chi connectivity index (χ4n) is 3.46. The number of guanidine groups is 1. The van der Waals surface area contributed by atoms with E-state index in [0.717, 1.165) is 45.2 Å². The molecule has 6 nitrogen and oxygen atoms in total. The fraction of sp³-hybridized carbons (Fsp3) is 0.933. The Hall–Kier alpha value is -0.850. The van der Waals surface area contributed by atoms with E-state index in [4.69, 9.17) is 9.47 Å². The van der Waals surface area contributed by atoms with Crippen LogP contribution in [0.15, 0.2) is 4.99 Å². The number of fused-ring (bicyclic) bond motifs is 1. The first-order valence-corrected chi connectivity index (χ1v) is 8.27. The molecule has 3 unspecified atom stereocenters. The number of rotatable bonds is 4. The van der Waals surface area contributed by atoms with Crippen molar-refractivity contribution in [1.82, 2.24) is 15.5 Å². The molecule has 21 heavy (non-hydrogen) atoms. The normalized spacial score (nSPS) is 34.0. The zero-order chi connectivity index (χ0) is 14.5. The summed E-state index contributed by atoms with van der Waals surface area (Å²) in [5.74, 6) is 0.845. The van der Waals surface area contributed by atoms with Crippen molar-refractivity contribution in [2.75, 3.05) is 46.4 Å². The van der Waals surface area contributed by atoms with Gasteiger partial charge >= 0.3 is 0 Å². The van der Waals surface area contributed by atoms with Gasteiger partial charge in [0.1, 0.15) is 0 Å². The quantitative estimate of drug-likeness (QED) is 0.573. The Balaban J connectivity index is 1.36. The second kappa shape index (κ2) is 7.42. The van der Waals surface area contributed by atoms with E-state index in [-0.39, 0.29) is 6.10 Å². The molecule has 3 saturated heterocycles. The lowest BCUT2D eigenvalue weighted by Crippen LogP contribution is -2.51. The van der Waals surface area contributed by atoms with Gasteiger partial charge in [-0.15, -0.1) is 0 Å². The topological polar surface area (TPSA) is 58.1 Å². The summed E-state index contributed by atoms with van der Waals surface area (Å²) in [5.41, 5.74) is 0. The van der Waals surface area contributed by atoms with Gasteiger partial charge in [0, 0.05) is 39.3 Å². The minimum atomic E-state index is 0.264. The van der Waals surface area contributed by atoms with E-state index in [1.807, 2.05) is 7.05 Å². The van der Waals surface area contributed by atoms with E-state index in [1.54, 1.807) is 0 Å². The zero-order valence-corrected chi connectivity index (χ0v) is 13.0. The molecule has 3 atom stereocenters. The standard InChI is InChI=1S/C15H28N4O2/c1-16-15(17-8-13-5-3-7-20-13)18-9-14-10-19-6-2-4-12(19)11-21-14/h12-14H,2-11H2,1H3,(H2,16,17,18). The minimum absolute atomic E-state index is 0.264. The smallest absolute Gasteiger partial charge is 0.191 e. The lowest BCUT2D eigenvalue weighted by Gasteiger charge is -2.35. The molecular weight excluding hydrogens is 268 g/mol. The fourth-order valence-corrected chi connectivity index (χ4v) is 3.46. The average molecular weight is 296 g/mol. The van der Waals surface area contributed by atoms with Gasteiger partial charge in [-0.3, -0.25) is 9.89 Å². The van der Waals surface area contributed by atoms with Crippen LogP contribution in [0.1, 0.15) is 25.7 Å². The van der Waals surface area contributed by atoms with Gasteiger partial charge in [-0.05, 0) is 32.2 Å². The summed E-state index contributed by atoms with van der Waals surface area (Å²) in [5, 5.41) is 6.72. The molecular formula is C15H28N4O2. The third-order valence-electron chi connectivity index (χ3n) is 4.70. The van der Waals surface area contributed by atoms with Gasteiger partial charge in [-0.2, -0.15) is 0 Å². The molecule has 3 aliphatic rings. The molecule has 0 aliphatic carbocycles. The monoisotopic (exact) mass is 296 g/mol. The van der Waals surface area contributed by atoms with Crippen LogP contribution < -0.4 is 10.6 Å². The van der Waals surface area contributed by atoms with Gasteiger partial charge in [-0.1, -0.05) is 0 Å². The number of aliphatic imine (C=N–C) groups is 1. The molecule has 0 aromatic rings. The Morgan fingerprint density at radius 1 is 1.14 bits per heavy atom. The van der Waals surface area contributed by atoms with Crippen LogP contribution in [-0.4, -0.2) is 75.5 Å². The Kier molecular flexibility index (Phi) is 5.32. The van der Waals surface area contributed by atoms with E-state index in [1.165, 1.54) is 25.8 Å². The van der Waals surface area contributed by atoms with E-state index < -0.39 is 0 Å². The van der Waals surface area contributed by atoms with Crippen molar-refractivity contribution >= 4 is 5.96 Å². The van der Waals surface area contributed by atoms with E-state index >= 15 is 0 Å². The maximum atomic E-state index is 5.95. The third-order valence-corrected chi connectivity index (χ3v) is 4.70. The van der Waals surface area contributed by atoms with Crippen molar-refractivity contribution in [3.8, 4) is 0 Å². The summed E-state index contributed by atoms with van der Waals surface area (Å²) in [6, 6.07) is 0.665. The van der Waals surface area contributed by atoms with Gasteiger partial charge < -0.3 is 20.1 Å². The summed E-state index contributed by atoms with van der Waals surface area (Å²) in [4.78, 5) is 6.84. The molecule has 0 amide bonds. The molecule has 0 saturated carbocycles. The summed E-state index contributed by atoms with van der Waals surface area (Å²) in [6.45, 7) is 5.70. The van der Waals surface area contributed by atoms with Gasteiger partial charge in [0.15, 0.2) is 5.96 Å². The van der Waals surface area contributed by atoms with Crippen LogP contribution in [0, 0.1) is 0 Å². The maximum Gasteiger partial charge on any atom is 0.191 e. The highest BCUT2D eigenvalue weighted by molar-refractivity contribution is 5.79. The largest absolute Gasteiger partial charge is 0.376 e. The molecule has 3 heterocycles. The van der Waals surface area contributed by atoms with Crippen molar-refractivity contribution in [1.29, 1.82) is 0 Å². The van der Waals surface area contributed by atoms with Gasteiger partial charge in [-0.25, -0.2) is 0 Å². The molecule has 2 N–H and O–H groups in total. The maximum absolute atomic E-state index is 5.95. The Labute approximate surface area is 127 Å². The molecule has 3 aliphatic heterocycles. The van der Waals surface area contributed by atoms with Crippen LogP contribution in [0.25, 0.3) is 0 Å². The molecule has 0 spiro atoms. The Morgan fingerprint density at radius 3 is 2.76 bits per heavy atom. The van der Waals surface area contributed by atoms with E-state index in [9.17, 15) is 0 Å². The zero-order valence-electron chi connectivity index (χ0n) is 13.0. The van der Waals surface area contributed by atoms with Gasteiger partial charge in [0.05, 0.1) is 18.8 Å². The van der Waals surface area contributed by atoms with Gasteiger partial charge in [0.2, 0.25) is 0 Å². The number of morpholine rings is 1. The lowest BCUT2D eigenvalue weighted by molar-refractivity contribution is -0.0453. The van der Waals surface area contributed by atoms with Crippen LogP contribution in [0.5, 0.6) is 0 Å². The average Bonchev–Trinajstić information content (AvgIpc) is 3.18. The van der Waals surface area contributed by atoms with Crippen molar-refractivity contribution in [2.24, 2.45) is 4.99 Å². The van der Waals surface area contributed by atoms with Crippen LogP contribution >= 0.6 is 0 Å². The van der Waals surface area contributed by atoms with E-state index in [0.29, 0.717) is 12.1 Å². The highest BCUT2D eigenvalue weighted by Gasteiger charge is 2.32. The molecule has 3 rings (SSSR count). The van der Waals surface area contributed by atoms with Crippen molar-refractivity contribution in [2.45, 2.75) is 43.9 Å². The number of hydrogen-bond acceptors (Lipinski definition) is 4. The first kappa shape index (κ1) is 15.1. The molecule has 0 bridgehead atoms. The Bertz CT molecular complexity index is 358. The number of nitrogens with zero attached hydrogens (tertiary/aromatic N) is 2. The highest BCUT2D eigenvalue weighted by atomic mass is 16.5. The summed E-state index contributed by atoms with van der Waals surface area (Å²) in [7, 11) is 1.81. The molecule has 120 valence electrons. The first-order valence-electron chi connectivity index (χ1n) is 8.27. The Morgan fingerprint density at radius 2 is 2.00 bits per heavy atom. The van der Waals surface area contributed by atoms with Crippen LogP contribution in [0.4, 0.5) is 0 Å². The van der Waals surface area contributed by atoms with Crippen molar-refractivity contribution in [3.63, 3.8) is 0 Å². The van der Waals surface area contributed by atoms with Crippen LogP contribution in [0.2, 0.25) is 0 Å². The predicted molar refractivity (Wildman–Crippen MR) is 82.7 cm³/mol. The SMILES string of the molecule is CN=C(NCC1CCCO1)NCC1CN2CCCC2CO1. The van der Waals surface area contributed by atoms with Gasteiger partial charge in [0.25, 0.3) is 0 Å². The molecule has 0 aromatic heterocycles. The van der Waals surface area contributed by atoms with Crippen molar-refractivity contribution in [3.05, 3.63) is 0 Å². The second-order valence-electron chi connectivity index (χ2n) is 6.22. The predicted octanol–water partition coefficient (Wildman–Crippen LogP) is 0.194. The number of ether oxygens (including phenoxy) is 2. The highest BCUT2D eigenvalue weighted by Crippen LogP contribution is 2.22. The summed E-state index contributed by atoms with van der Waals surface area (Å²) >= 11 is 0. The molecule has 0 aromatic carbocycles. The molecule has 0 radical (unpaired) electrons. The number of nitrogens with one attached hydrogen (secondary N) is 2. The third kappa shape index (κ3) is 4.08. The molecule has 6 heteroatoms. The summed E-state index contributed by atoms with van der Waals surface area (Å²) < 4.78 is 11.6. The van der Waals surface area contributed by atoms with Crippen molar-refractivity contribution < 1.29 is 9.47 Å². The van der Waals surface area contributed by atoms with E-state index in [2.05, 4.69) is 20.5 Å².